The van der Waals surface area contributed by atoms with Crippen molar-refractivity contribution in [3.63, 3.8) is 0 Å². The molecule has 0 bridgehead atoms. The minimum absolute atomic E-state index is 0.181. The molecule has 10 heteroatoms. The number of carbonyl (C=O) groups excluding carboxylic acids is 2. The zero-order valence-corrected chi connectivity index (χ0v) is 20.0. The van der Waals surface area contributed by atoms with E-state index in [1.807, 2.05) is 0 Å². The van der Waals surface area contributed by atoms with Gasteiger partial charge in [-0.05, 0) is 85.8 Å². The molecule has 0 radical (unpaired) electrons. The Bertz CT molecular complexity index is 969. The quantitative estimate of drug-likeness (QED) is 0.207. The van der Waals surface area contributed by atoms with Crippen molar-refractivity contribution in [2.75, 3.05) is 13.2 Å². The summed E-state index contributed by atoms with van der Waals surface area (Å²) in [7, 11) is 0. The van der Waals surface area contributed by atoms with Crippen LogP contribution in [0.25, 0.3) is 0 Å². The number of ether oxygens (including phenoxy) is 2. The Morgan fingerprint density at radius 3 is 1.39 bits per heavy atom. The monoisotopic (exact) mass is 502 g/mol. The van der Waals surface area contributed by atoms with Crippen molar-refractivity contribution in [2.45, 2.75) is 50.6 Å². The first-order valence-corrected chi connectivity index (χ1v) is 12.0. The van der Waals surface area contributed by atoms with Gasteiger partial charge in [-0.2, -0.15) is 0 Å². The minimum Gasteiger partial charge on any atom is -0.504 e. The van der Waals surface area contributed by atoms with Crippen molar-refractivity contribution in [2.24, 2.45) is 23.3 Å². The lowest BCUT2D eigenvalue weighted by Crippen LogP contribution is -2.36. The topological polar surface area (TPSA) is 186 Å². The molecule has 8 N–H and O–H groups in total. The molecule has 1 fully saturated rings. The van der Waals surface area contributed by atoms with Crippen molar-refractivity contribution >= 4 is 11.9 Å². The van der Waals surface area contributed by atoms with Crippen LogP contribution in [0.5, 0.6) is 23.0 Å². The molecule has 196 valence electrons. The molecule has 2 aromatic carbocycles. The Labute approximate surface area is 209 Å². The average molecular weight is 503 g/mol. The van der Waals surface area contributed by atoms with Gasteiger partial charge in [0.15, 0.2) is 23.0 Å². The number of rotatable bonds is 10. The van der Waals surface area contributed by atoms with Gasteiger partial charge in [0.1, 0.15) is 12.1 Å². The van der Waals surface area contributed by atoms with Gasteiger partial charge in [0, 0.05) is 0 Å². The summed E-state index contributed by atoms with van der Waals surface area (Å²) in [6, 6.07) is 6.83. The maximum atomic E-state index is 12.3. The van der Waals surface area contributed by atoms with E-state index in [-0.39, 0.29) is 60.9 Å². The van der Waals surface area contributed by atoms with Gasteiger partial charge in [-0.15, -0.1) is 0 Å². The highest BCUT2D eigenvalue weighted by atomic mass is 16.5. The summed E-state index contributed by atoms with van der Waals surface area (Å²) in [6.07, 6.45) is 3.68. The molecule has 0 aromatic heterocycles. The van der Waals surface area contributed by atoms with Crippen LogP contribution >= 0.6 is 0 Å². The van der Waals surface area contributed by atoms with Crippen molar-refractivity contribution in [1.82, 2.24) is 0 Å². The zero-order chi connectivity index (χ0) is 26.2. The van der Waals surface area contributed by atoms with Gasteiger partial charge < -0.3 is 41.4 Å². The molecule has 1 aliphatic rings. The van der Waals surface area contributed by atoms with Gasteiger partial charge in [0.05, 0.1) is 13.2 Å². The number of nitrogens with two attached hydrogens (primary N) is 2. The molecule has 1 saturated carbocycles. The molecular formula is C26H34N2O8. The maximum Gasteiger partial charge on any atom is 0.323 e. The lowest BCUT2D eigenvalue weighted by molar-refractivity contribution is -0.149. The molecule has 2 atom stereocenters. The summed E-state index contributed by atoms with van der Waals surface area (Å²) in [5.74, 6) is -1.64. The van der Waals surface area contributed by atoms with Gasteiger partial charge >= 0.3 is 11.9 Å². The van der Waals surface area contributed by atoms with Crippen LogP contribution in [-0.2, 0) is 31.9 Å². The number of aromatic hydroxyl groups is 4. The number of hydrogen-bond acceptors (Lipinski definition) is 10. The average Bonchev–Trinajstić information content (AvgIpc) is 2.86. The third-order valence-corrected chi connectivity index (χ3v) is 6.49. The Hall–Kier alpha value is -3.50. The fourth-order valence-electron chi connectivity index (χ4n) is 4.25. The second-order valence-corrected chi connectivity index (χ2v) is 9.41. The molecule has 3 rings (SSSR count). The van der Waals surface area contributed by atoms with Crippen LogP contribution in [0.2, 0.25) is 0 Å². The number of hydrogen-bond donors (Lipinski definition) is 6. The fourth-order valence-corrected chi connectivity index (χ4v) is 4.25. The summed E-state index contributed by atoms with van der Waals surface area (Å²) in [5, 5.41) is 37.9. The lowest BCUT2D eigenvalue weighted by atomic mass is 9.83. The first kappa shape index (κ1) is 27.1. The Morgan fingerprint density at radius 2 is 1.06 bits per heavy atom. The first-order chi connectivity index (χ1) is 17.1. The molecule has 2 aromatic rings. The van der Waals surface area contributed by atoms with E-state index in [2.05, 4.69) is 0 Å². The Balaban J connectivity index is 1.33. The van der Waals surface area contributed by atoms with E-state index in [9.17, 15) is 30.0 Å². The van der Waals surface area contributed by atoms with Crippen molar-refractivity contribution in [3.8, 4) is 23.0 Å². The van der Waals surface area contributed by atoms with Crippen LogP contribution in [0.15, 0.2) is 36.4 Å². The van der Waals surface area contributed by atoms with Crippen molar-refractivity contribution < 1.29 is 39.5 Å². The summed E-state index contributed by atoms with van der Waals surface area (Å²) in [5.41, 5.74) is 13.1. The van der Waals surface area contributed by atoms with Crippen LogP contribution in [0.3, 0.4) is 0 Å². The molecule has 0 spiro atoms. The molecular weight excluding hydrogens is 468 g/mol. The van der Waals surface area contributed by atoms with E-state index in [0.29, 0.717) is 11.1 Å². The number of esters is 2. The molecule has 10 nitrogen and oxygen atoms in total. The second kappa shape index (κ2) is 12.5. The van der Waals surface area contributed by atoms with Gasteiger partial charge in [-0.1, -0.05) is 12.1 Å². The molecule has 0 amide bonds. The Morgan fingerprint density at radius 1 is 0.694 bits per heavy atom. The highest BCUT2D eigenvalue weighted by Crippen LogP contribution is 2.30. The SMILES string of the molecule is N[C@@H](Cc1ccc(O)c(O)c1)C(=O)OCC1CCC(COC(=O)[C@@H](N)Cc2ccc(O)c(O)c2)CC1. The van der Waals surface area contributed by atoms with Crippen LogP contribution in [0, 0.1) is 11.8 Å². The van der Waals surface area contributed by atoms with Gasteiger partial charge in [0.2, 0.25) is 0 Å². The third-order valence-electron chi connectivity index (χ3n) is 6.49. The van der Waals surface area contributed by atoms with E-state index in [1.165, 1.54) is 24.3 Å². The highest BCUT2D eigenvalue weighted by Gasteiger charge is 2.26. The summed E-state index contributed by atoms with van der Waals surface area (Å²) in [6.45, 7) is 0.536. The fraction of sp³-hybridized carbons (Fsp3) is 0.462. The molecule has 36 heavy (non-hydrogen) atoms. The van der Waals surface area contributed by atoms with Crippen molar-refractivity contribution in [3.05, 3.63) is 47.5 Å². The van der Waals surface area contributed by atoms with Crippen LogP contribution in [0.1, 0.15) is 36.8 Å². The third kappa shape index (κ3) is 7.76. The van der Waals surface area contributed by atoms with Gasteiger partial charge in [-0.3, -0.25) is 9.59 Å². The maximum absolute atomic E-state index is 12.3. The van der Waals surface area contributed by atoms with E-state index < -0.39 is 24.0 Å². The number of phenols is 4. The molecule has 1 aliphatic carbocycles. The zero-order valence-electron chi connectivity index (χ0n) is 20.0. The number of carbonyl (C=O) groups is 2. The van der Waals surface area contributed by atoms with Gasteiger partial charge in [-0.25, -0.2) is 0 Å². The predicted molar refractivity (Wildman–Crippen MR) is 130 cm³/mol. The number of phenolic OH excluding ortho intramolecular Hbond substituents is 4. The number of benzene rings is 2. The van der Waals surface area contributed by atoms with Crippen molar-refractivity contribution in [1.29, 1.82) is 0 Å². The van der Waals surface area contributed by atoms with E-state index in [0.717, 1.165) is 25.7 Å². The normalized spacial score (nSPS) is 19.3. The summed E-state index contributed by atoms with van der Waals surface area (Å²) in [4.78, 5) is 24.5. The Kier molecular flexibility index (Phi) is 9.38. The lowest BCUT2D eigenvalue weighted by Gasteiger charge is -2.28. The molecule has 0 heterocycles. The second-order valence-electron chi connectivity index (χ2n) is 9.41. The van der Waals surface area contributed by atoms with E-state index >= 15 is 0 Å². The summed E-state index contributed by atoms with van der Waals surface area (Å²) >= 11 is 0. The van der Waals surface area contributed by atoms with E-state index in [1.54, 1.807) is 12.1 Å². The largest absolute Gasteiger partial charge is 0.504 e. The minimum atomic E-state index is -0.876. The van der Waals surface area contributed by atoms with E-state index in [4.69, 9.17) is 20.9 Å². The smallest absolute Gasteiger partial charge is 0.323 e. The summed E-state index contributed by atoms with van der Waals surface area (Å²) < 4.78 is 10.8. The van der Waals surface area contributed by atoms with Crippen LogP contribution in [-0.4, -0.2) is 57.7 Å². The molecule has 0 saturated heterocycles. The first-order valence-electron chi connectivity index (χ1n) is 12.0. The highest BCUT2D eigenvalue weighted by molar-refractivity contribution is 5.76. The van der Waals surface area contributed by atoms with Gasteiger partial charge in [0.25, 0.3) is 0 Å². The molecule has 0 unspecified atom stereocenters. The molecule has 0 aliphatic heterocycles. The van der Waals surface area contributed by atoms with Crippen LogP contribution < -0.4 is 11.5 Å². The van der Waals surface area contributed by atoms with Crippen LogP contribution in [0.4, 0.5) is 0 Å². The predicted octanol–water partition coefficient (Wildman–Crippen LogP) is 1.84. The standard InChI is InChI=1S/C26H34N2O8/c27-19(9-17-5-7-21(29)23(31)11-17)25(33)35-13-15-1-2-16(4-3-15)14-36-26(34)20(28)10-18-6-8-22(30)24(32)12-18/h5-8,11-12,15-16,19-20,29-32H,1-4,9-10,13-14,27-28H2/t15?,16?,19-,20-/m0/s1.